The molecule has 0 saturated heterocycles. The molecule has 2 amide bonds. The van der Waals surface area contributed by atoms with E-state index in [1.165, 1.54) is 0 Å². The van der Waals surface area contributed by atoms with E-state index < -0.39 is 29.5 Å². The van der Waals surface area contributed by atoms with Crippen molar-refractivity contribution in [3.8, 4) is 0 Å². The van der Waals surface area contributed by atoms with Crippen molar-refractivity contribution in [2.45, 2.75) is 24.9 Å². The molecule has 22 heavy (non-hydrogen) atoms. The molecular formula is C12H12F6N2O2. The van der Waals surface area contributed by atoms with Crippen LogP contribution < -0.4 is 10.6 Å². The lowest BCUT2D eigenvalue weighted by molar-refractivity contribution is -0.390. The number of hydrogen-bond donors (Lipinski definition) is 3. The Kier molecular flexibility index (Phi) is 4.96. The summed E-state index contributed by atoms with van der Waals surface area (Å²) in [7, 11) is 0. The zero-order chi connectivity index (χ0) is 17.2. The smallest absolute Gasteiger partial charge is 0.350 e. The normalized spacial score (nSPS) is 15.1. The molecule has 0 heterocycles. The summed E-state index contributed by atoms with van der Waals surface area (Å²) in [5.41, 5.74) is -1.39. The topological polar surface area (TPSA) is 61.4 Å². The Morgan fingerprint density at radius 1 is 1.09 bits per heavy atom. The van der Waals surface area contributed by atoms with E-state index >= 15 is 0 Å². The van der Waals surface area contributed by atoms with Crippen molar-refractivity contribution >= 4 is 11.7 Å². The third kappa shape index (κ3) is 3.43. The monoisotopic (exact) mass is 330 g/mol. The maximum Gasteiger partial charge on any atom is 0.455 e. The maximum absolute atomic E-state index is 13.5. The van der Waals surface area contributed by atoms with Gasteiger partial charge in [0.2, 0.25) is 0 Å². The van der Waals surface area contributed by atoms with Crippen LogP contribution in [0.1, 0.15) is 12.5 Å². The van der Waals surface area contributed by atoms with Gasteiger partial charge < -0.3 is 15.7 Å². The Labute approximate surface area is 121 Å². The molecule has 10 heteroatoms. The van der Waals surface area contributed by atoms with Crippen molar-refractivity contribution in [2.24, 2.45) is 0 Å². The van der Waals surface area contributed by atoms with Gasteiger partial charge in [-0.3, -0.25) is 0 Å². The average Bonchev–Trinajstić information content (AvgIpc) is 2.38. The van der Waals surface area contributed by atoms with E-state index in [9.17, 15) is 31.1 Å². The van der Waals surface area contributed by atoms with Gasteiger partial charge in [-0.2, -0.15) is 26.3 Å². The van der Waals surface area contributed by atoms with Gasteiger partial charge in [0, 0.05) is 17.8 Å². The van der Waals surface area contributed by atoms with Gasteiger partial charge in [-0.25, -0.2) is 4.79 Å². The Morgan fingerprint density at radius 2 is 1.59 bits per heavy atom. The second kappa shape index (κ2) is 6.03. The number of alkyl halides is 6. The van der Waals surface area contributed by atoms with Crippen molar-refractivity contribution in [1.82, 2.24) is 5.32 Å². The van der Waals surface area contributed by atoms with Gasteiger partial charge in [0.15, 0.2) is 0 Å². The molecule has 124 valence electrons. The molecule has 0 fully saturated rings. The van der Waals surface area contributed by atoms with E-state index in [4.69, 9.17) is 5.11 Å². The minimum Gasteiger partial charge on any atom is -0.350 e. The quantitative estimate of drug-likeness (QED) is 0.743. The molecule has 0 saturated carbocycles. The average molecular weight is 330 g/mol. The number of nitrogens with one attached hydrogen (secondary N) is 2. The van der Waals surface area contributed by atoms with Gasteiger partial charge in [0.1, 0.15) is 0 Å². The Balaban J connectivity index is 3.01. The van der Waals surface area contributed by atoms with Crippen LogP contribution >= 0.6 is 0 Å². The SMILES string of the molecule is CCNC(=O)Nc1ccc(C(F)(F)C(O)(F)C(F)(F)F)cc1. The number of amides is 2. The number of carbonyl (C=O) groups excluding carboxylic acids is 1. The number of anilines is 1. The van der Waals surface area contributed by atoms with Crippen LogP contribution in [0.5, 0.6) is 0 Å². The fourth-order valence-electron chi connectivity index (χ4n) is 1.47. The summed E-state index contributed by atoms with van der Waals surface area (Å²) in [4.78, 5) is 11.2. The predicted octanol–water partition coefficient (Wildman–Crippen LogP) is 3.14. The molecule has 1 unspecified atom stereocenters. The first kappa shape index (κ1) is 18.1. The molecular weight excluding hydrogens is 318 g/mol. The largest absolute Gasteiger partial charge is 0.455 e. The molecule has 0 aliphatic carbocycles. The Hall–Kier alpha value is -1.97. The summed E-state index contributed by atoms with van der Waals surface area (Å²) in [6.45, 7) is 1.92. The lowest BCUT2D eigenvalue weighted by Crippen LogP contribution is -2.53. The highest BCUT2D eigenvalue weighted by Gasteiger charge is 2.71. The van der Waals surface area contributed by atoms with Crippen LogP contribution in [0.3, 0.4) is 0 Å². The van der Waals surface area contributed by atoms with Gasteiger partial charge in [0.05, 0.1) is 0 Å². The number of benzene rings is 1. The minimum absolute atomic E-state index is 0.0000865. The van der Waals surface area contributed by atoms with Crippen LogP contribution in [0.4, 0.5) is 36.8 Å². The van der Waals surface area contributed by atoms with Crippen molar-refractivity contribution in [3.05, 3.63) is 29.8 Å². The molecule has 0 aliphatic rings. The molecule has 1 atom stereocenters. The number of hydrogen-bond acceptors (Lipinski definition) is 2. The fourth-order valence-corrected chi connectivity index (χ4v) is 1.47. The number of carbonyl (C=O) groups is 1. The molecule has 1 aromatic rings. The lowest BCUT2D eigenvalue weighted by Gasteiger charge is -2.30. The summed E-state index contributed by atoms with van der Waals surface area (Å²) < 4.78 is 76.6. The van der Waals surface area contributed by atoms with E-state index in [0.29, 0.717) is 18.7 Å². The molecule has 4 nitrogen and oxygen atoms in total. The number of rotatable bonds is 4. The van der Waals surface area contributed by atoms with E-state index in [-0.39, 0.29) is 5.69 Å². The van der Waals surface area contributed by atoms with Crippen molar-refractivity contribution < 1.29 is 36.2 Å². The highest BCUT2D eigenvalue weighted by atomic mass is 19.4. The summed E-state index contributed by atoms with van der Waals surface area (Å²) >= 11 is 0. The summed E-state index contributed by atoms with van der Waals surface area (Å²) in [5, 5.41) is 13.0. The van der Waals surface area contributed by atoms with Crippen molar-refractivity contribution in [1.29, 1.82) is 0 Å². The van der Waals surface area contributed by atoms with E-state index in [1.54, 1.807) is 6.92 Å². The summed E-state index contributed by atoms with van der Waals surface area (Å²) in [6, 6.07) is 1.99. The van der Waals surface area contributed by atoms with Gasteiger partial charge in [-0.1, -0.05) is 12.1 Å². The molecule has 0 aliphatic heterocycles. The number of halogens is 6. The van der Waals surface area contributed by atoms with Crippen LogP contribution in [0.15, 0.2) is 24.3 Å². The first-order valence-electron chi connectivity index (χ1n) is 5.94. The van der Waals surface area contributed by atoms with Gasteiger partial charge >= 0.3 is 24.0 Å². The molecule has 0 aromatic heterocycles. The molecule has 0 spiro atoms. The first-order chi connectivity index (χ1) is 9.93. The maximum atomic E-state index is 13.5. The molecule has 1 rings (SSSR count). The second-order valence-electron chi connectivity index (χ2n) is 4.26. The van der Waals surface area contributed by atoms with E-state index in [2.05, 4.69) is 10.6 Å². The lowest BCUT2D eigenvalue weighted by atomic mass is 10.0. The van der Waals surface area contributed by atoms with Gasteiger partial charge in [-0.15, -0.1) is 0 Å². The fraction of sp³-hybridized carbons (Fsp3) is 0.417. The second-order valence-corrected chi connectivity index (χ2v) is 4.26. The molecule has 1 aromatic carbocycles. The Bertz CT molecular complexity index is 527. The zero-order valence-electron chi connectivity index (χ0n) is 11.1. The van der Waals surface area contributed by atoms with Crippen LogP contribution in [-0.2, 0) is 5.92 Å². The van der Waals surface area contributed by atoms with Gasteiger partial charge in [0.25, 0.3) is 0 Å². The Morgan fingerprint density at radius 3 is 2.00 bits per heavy atom. The van der Waals surface area contributed by atoms with Crippen LogP contribution in [-0.4, -0.2) is 29.7 Å². The minimum atomic E-state index is -6.17. The van der Waals surface area contributed by atoms with Crippen molar-refractivity contribution in [2.75, 3.05) is 11.9 Å². The van der Waals surface area contributed by atoms with Crippen molar-refractivity contribution in [3.63, 3.8) is 0 Å². The summed E-state index contributed by atoms with van der Waals surface area (Å²) in [6.07, 6.45) is -6.17. The first-order valence-corrected chi connectivity index (χ1v) is 5.94. The predicted molar refractivity (Wildman–Crippen MR) is 65.1 cm³/mol. The number of urea groups is 1. The molecule has 0 radical (unpaired) electrons. The molecule has 0 bridgehead atoms. The third-order valence-electron chi connectivity index (χ3n) is 2.63. The van der Waals surface area contributed by atoms with Gasteiger partial charge in [-0.05, 0) is 19.1 Å². The third-order valence-corrected chi connectivity index (χ3v) is 2.63. The summed E-state index contributed by atoms with van der Waals surface area (Å²) in [5.74, 6) is -10.9. The zero-order valence-corrected chi connectivity index (χ0v) is 11.1. The van der Waals surface area contributed by atoms with E-state index in [0.717, 1.165) is 12.1 Å². The van der Waals surface area contributed by atoms with Crippen LogP contribution in [0.2, 0.25) is 0 Å². The van der Waals surface area contributed by atoms with E-state index in [1.807, 2.05) is 0 Å². The number of aliphatic hydroxyl groups is 1. The highest BCUT2D eigenvalue weighted by molar-refractivity contribution is 5.89. The molecule has 3 N–H and O–H groups in total. The van der Waals surface area contributed by atoms with Crippen LogP contribution in [0.25, 0.3) is 0 Å². The standard InChI is InChI=1S/C12H12F6N2O2/c1-2-19-9(21)20-8-5-3-7(4-6-8)10(13,14)11(15,22)12(16,17)18/h3-6,22H,2H2,1H3,(H2,19,20,21). The van der Waals surface area contributed by atoms with Crippen LogP contribution in [0, 0.1) is 0 Å². The highest BCUT2D eigenvalue weighted by Crippen LogP contribution is 2.49.